The van der Waals surface area contributed by atoms with E-state index in [1.54, 1.807) is 0 Å². The predicted molar refractivity (Wildman–Crippen MR) is 230 cm³/mol. The Bertz CT molecular complexity index is 3180. The molecule has 56 heavy (non-hydrogen) atoms. The van der Waals surface area contributed by atoms with Crippen LogP contribution in [-0.4, -0.2) is 24.1 Å². The summed E-state index contributed by atoms with van der Waals surface area (Å²) in [4.78, 5) is 14.8. The molecule has 0 atom stereocenters. The van der Waals surface area contributed by atoms with Crippen LogP contribution in [0.5, 0.6) is 0 Å². The van der Waals surface area contributed by atoms with Crippen LogP contribution in [0.2, 0.25) is 0 Å². The maximum atomic E-state index is 4.98. The number of para-hydroxylation sites is 2. The van der Waals surface area contributed by atoms with Gasteiger partial charge >= 0.3 is 0 Å². The van der Waals surface area contributed by atoms with E-state index in [2.05, 4.69) is 149 Å². The Morgan fingerprint density at radius 1 is 0.321 bits per heavy atom. The van der Waals surface area contributed by atoms with Gasteiger partial charge < -0.3 is 9.13 Å². The Labute approximate surface area is 323 Å². The predicted octanol–water partition coefficient (Wildman–Crippen LogP) is 12.7. The highest BCUT2D eigenvalue weighted by Gasteiger charge is 2.17. The van der Waals surface area contributed by atoms with E-state index in [4.69, 9.17) is 15.0 Å². The fourth-order valence-electron chi connectivity index (χ4n) is 8.09. The summed E-state index contributed by atoms with van der Waals surface area (Å²) in [6.07, 6.45) is 2.18. The normalized spacial score (nSPS) is 11.6. The van der Waals surface area contributed by atoms with Gasteiger partial charge in [-0.05, 0) is 71.1 Å². The molecule has 0 aliphatic heterocycles. The van der Waals surface area contributed by atoms with Gasteiger partial charge in [0, 0.05) is 55.8 Å². The number of hydrogen-bond donors (Lipinski definition) is 0. The minimum absolute atomic E-state index is 0.638. The first-order valence-corrected chi connectivity index (χ1v) is 18.9. The molecule has 0 saturated carbocycles. The molecule has 3 heterocycles. The molecule has 0 spiro atoms. The minimum Gasteiger partial charge on any atom is -0.317 e. The summed E-state index contributed by atoms with van der Waals surface area (Å²) in [6.45, 7) is 0. The monoisotopic (exact) mass is 715 g/mol. The second kappa shape index (κ2) is 13.0. The second-order valence-corrected chi connectivity index (χ2v) is 14.1. The zero-order valence-corrected chi connectivity index (χ0v) is 30.3. The summed E-state index contributed by atoms with van der Waals surface area (Å²) in [7, 11) is 0. The van der Waals surface area contributed by atoms with Gasteiger partial charge in [0.25, 0.3) is 0 Å². The van der Waals surface area contributed by atoms with Crippen LogP contribution in [0.3, 0.4) is 0 Å². The molecule has 5 nitrogen and oxygen atoms in total. The largest absolute Gasteiger partial charge is 0.317 e. The first-order valence-electron chi connectivity index (χ1n) is 18.9. The smallest absolute Gasteiger partial charge is 0.164 e. The van der Waals surface area contributed by atoms with Gasteiger partial charge in [0.2, 0.25) is 0 Å². The highest BCUT2D eigenvalue weighted by Crippen LogP contribution is 2.39. The summed E-state index contributed by atoms with van der Waals surface area (Å²) >= 11 is 0. The van der Waals surface area contributed by atoms with Crippen molar-refractivity contribution in [3.05, 3.63) is 200 Å². The molecule has 0 amide bonds. The molecule has 0 bridgehead atoms. The third-order valence-corrected chi connectivity index (χ3v) is 10.8. The van der Waals surface area contributed by atoms with Gasteiger partial charge in [-0.25, -0.2) is 15.0 Å². The van der Waals surface area contributed by atoms with Crippen LogP contribution in [0, 0.1) is 0 Å². The first kappa shape index (κ1) is 31.9. The van der Waals surface area contributed by atoms with Crippen LogP contribution >= 0.6 is 0 Å². The lowest BCUT2D eigenvalue weighted by atomic mass is 10.0. The number of rotatable bonds is 6. The van der Waals surface area contributed by atoms with Gasteiger partial charge in [-0.3, -0.25) is 0 Å². The molecule has 5 heteroatoms. The van der Waals surface area contributed by atoms with Crippen LogP contribution in [0.25, 0.3) is 100 Å². The summed E-state index contributed by atoms with van der Waals surface area (Å²) in [5, 5.41) is 6.16. The van der Waals surface area contributed by atoms with E-state index < -0.39 is 0 Å². The zero-order valence-electron chi connectivity index (χ0n) is 30.3. The number of hydrogen-bond acceptors (Lipinski definition) is 3. The Morgan fingerprint density at radius 3 is 1.62 bits per heavy atom. The molecule has 11 rings (SSSR count). The molecular weight excluding hydrogens is 683 g/mol. The van der Waals surface area contributed by atoms with Crippen molar-refractivity contribution in [1.82, 2.24) is 24.1 Å². The Kier molecular flexibility index (Phi) is 7.42. The van der Waals surface area contributed by atoms with Gasteiger partial charge in [-0.15, -0.1) is 0 Å². The van der Waals surface area contributed by atoms with E-state index in [9.17, 15) is 0 Å². The molecule has 0 aliphatic carbocycles. The van der Waals surface area contributed by atoms with Crippen molar-refractivity contribution in [2.24, 2.45) is 0 Å². The van der Waals surface area contributed by atoms with Crippen LogP contribution in [-0.2, 0) is 0 Å². The highest BCUT2D eigenvalue weighted by atomic mass is 15.0. The molecule has 0 radical (unpaired) electrons. The molecular formula is C51H33N5. The van der Waals surface area contributed by atoms with Crippen LogP contribution in [0.15, 0.2) is 200 Å². The highest BCUT2D eigenvalue weighted by molar-refractivity contribution is 6.20. The summed E-state index contributed by atoms with van der Waals surface area (Å²) in [5.74, 6) is 1.94. The Morgan fingerprint density at radius 2 is 0.893 bits per heavy atom. The molecule has 0 N–H and O–H groups in total. The quantitative estimate of drug-likeness (QED) is 0.172. The molecule has 0 saturated heterocycles. The topological polar surface area (TPSA) is 48.5 Å². The number of nitrogens with zero attached hydrogens (tertiary/aromatic N) is 5. The Hall–Kier alpha value is -7.63. The minimum atomic E-state index is 0.638. The lowest BCUT2D eigenvalue weighted by Gasteiger charge is -2.12. The lowest BCUT2D eigenvalue weighted by molar-refractivity contribution is 1.07. The number of benzene rings is 8. The van der Waals surface area contributed by atoms with E-state index in [-0.39, 0.29) is 0 Å². The fraction of sp³-hybridized carbons (Fsp3) is 0. The second-order valence-electron chi connectivity index (χ2n) is 14.1. The molecule has 0 fully saturated rings. The average Bonchev–Trinajstić information content (AvgIpc) is 3.85. The van der Waals surface area contributed by atoms with Crippen LogP contribution in [0.4, 0.5) is 0 Å². The zero-order chi connectivity index (χ0) is 37.0. The van der Waals surface area contributed by atoms with Crippen molar-refractivity contribution in [3.63, 3.8) is 0 Å². The fourth-order valence-corrected chi connectivity index (χ4v) is 8.09. The molecule has 0 aliphatic rings. The van der Waals surface area contributed by atoms with E-state index in [0.717, 1.165) is 44.7 Å². The van der Waals surface area contributed by atoms with Crippen molar-refractivity contribution >= 4 is 43.5 Å². The average molecular weight is 716 g/mol. The third-order valence-electron chi connectivity index (χ3n) is 10.8. The maximum Gasteiger partial charge on any atom is 0.164 e. The first-order chi connectivity index (χ1) is 27.7. The van der Waals surface area contributed by atoms with Crippen LogP contribution in [0.1, 0.15) is 0 Å². The molecule has 262 valence electrons. The molecule has 11 aromatic rings. The standard InChI is InChI=1S/C51H33N5/c1-4-14-34(15-5-1)49-52-50(35-16-6-2-7-17-35)54-51(53-49)40-20-12-18-36(30-40)37-19-13-23-42(31-37)55-29-28-39-32-45-38(33-47(39)55)26-27-44-43-24-10-11-25-46(43)56(48(44)45)41-21-8-3-9-22-41/h1-33H. The van der Waals surface area contributed by atoms with Crippen LogP contribution < -0.4 is 0 Å². The number of aromatic nitrogens is 5. The number of fused-ring (bicyclic) bond motifs is 6. The van der Waals surface area contributed by atoms with E-state index >= 15 is 0 Å². The third kappa shape index (κ3) is 5.37. The summed E-state index contributed by atoms with van der Waals surface area (Å²) < 4.78 is 4.71. The molecule has 8 aromatic carbocycles. The van der Waals surface area contributed by atoms with Gasteiger partial charge in [-0.1, -0.05) is 140 Å². The summed E-state index contributed by atoms with van der Waals surface area (Å²) in [6, 6.07) is 68.3. The van der Waals surface area contributed by atoms with Crippen molar-refractivity contribution < 1.29 is 0 Å². The van der Waals surface area contributed by atoms with Crippen molar-refractivity contribution in [3.8, 4) is 56.7 Å². The molecule has 3 aromatic heterocycles. The van der Waals surface area contributed by atoms with E-state index in [1.165, 1.54) is 38.0 Å². The van der Waals surface area contributed by atoms with Gasteiger partial charge in [0.1, 0.15) is 0 Å². The summed E-state index contributed by atoms with van der Waals surface area (Å²) in [5.41, 5.74) is 10.9. The van der Waals surface area contributed by atoms with E-state index in [1.807, 2.05) is 60.7 Å². The van der Waals surface area contributed by atoms with Crippen molar-refractivity contribution in [2.45, 2.75) is 0 Å². The van der Waals surface area contributed by atoms with Crippen molar-refractivity contribution in [2.75, 3.05) is 0 Å². The van der Waals surface area contributed by atoms with Gasteiger partial charge in [0.05, 0.1) is 16.6 Å². The van der Waals surface area contributed by atoms with Gasteiger partial charge in [-0.2, -0.15) is 0 Å². The lowest BCUT2D eigenvalue weighted by Crippen LogP contribution is -2.00. The SMILES string of the molecule is c1ccc(-c2nc(-c3ccccc3)nc(-c3cccc(-c4cccc(-n5ccc6cc7c(ccc8c9ccccc9n(-c9ccccc9)c78)cc65)c4)c3)n2)cc1. The Balaban J connectivity index is 1.01. The van der Waals surface area contributed by atoms with E-state index in [0.29, 0.717) is 17.5 Å². The van der Waals surface area contributed by atoms with Crippen molar-refractivity contribution in [1.29, 1.82) is 0 Å². The molecule has 0 unspecified atom stereocenters. The van der Waals surface area contributed by atoms with Gasteiger partial charge in [0.15, 0.2) is 17.5 Å². The maximum absolute atomic E-state index is 4.98.